The molecule has 2 aromatic carbocycles. The topological polar surface area (TPSA) is 168 Å². The van der Waals surface area contributed by atoms with Crippen LogP contribution in [-0.4, -0.2) is 59.5 Å². The standard InChI is InChI=1S/C24H21ClN8O4S/c1-38-12-20(19-11-18(23(35)30-29-19)14-2-6-17(7-3-14)27-24(36)37)28-22(34)9-4-15-10-16(25)5-8-21(15)33-13-26-31-32-33/h2-11,13,20,27H,12H2,1H3,(H,28,34)(H,30,35)(H,36,37). The van der Waals surface area contributed by atoms with Gasteiger partial charge in [0.2, 0.25) is 5.91 Å². The van der Waals surface area contributed by atoms with Crippen LogP contribution in [0.15, 0.2) is 65.7 Å². The van der Waals surface area contributed by atoms with Crippen molar-refractivity contribution in [2.45, 2.75) is 6.04 Å². The number of H-pyrrole nitrogens is 1. The second kappa shape index (κ2) is 12.2. The van der Waals surface area contributed by atoms with Gasteiger partial charge in [0.1, 0.15) is 6.33 Å². The number of hydrogen-bond donors (Lipinski definition) is 4. The van der Waals surface area contributed by atoms with E-state index in [4.69, 9.17) is 16.7 Å². The quantitative estimate of drug-likeness (QED) is 0.227. The van der Waals surface area contributed by atoms with Gasteiger partial charge < -0.3 is 10.4 Å². The van der Waals surface area contributed by atoms with Gasteiger partial charge in [0.05, 0.1) is 23.0 Å². The van der Waals surface area contributed by atoms with Crippen LogP contribution < -0.4 is 16.2 Å². The van der Waals surface area contributed by atoms with E-state index in [9.17, 15) is 14.4 Å². The molecule has 0 spiro atoms. The Morgan fingerprint density at radius 1 is 1.21 bits per heavy atom. The molecule has 0 aliphatic rings. The SMILES string of the molecule is CSCC(NC(=O)C=Cc1cc(Cl)ccc1-n1cnnn1)c1cc(-c2ccc(NC(=O)O)cc2)c(=O)[nH]n1. The Balaban J connectivity index is 1.55. The highest BCUT2D eigenvalue weighted by molar-refractivity contribution is 7.98. The van der Waals surface area contributed by atoms with E-state index >= 15 is 0 Å². The average molecular weight is 553 g/mol. The first-order valence-electron chi connectivity index (χ1n) is 11.0. The van der Waals surface area contributed by atoms with Crippen molar-refractivity contribution in [2.24, 2.45) is 0 Å². The van der Waals surface area contributed by atoms with Crippen molar-refractivity contribution in [2.75, 3.05) is 17.3 Å². The van der Waals surface area contributed by atoms with Crippen LogP contribution in [0.5, 0.6) is 0 Å². The number of aromatic amines is 1. The number of aromatic nitrogens is 6. The second-order valence-corrected chi connectivity index (χ2v) is 9.20. The molecule has 0 saturated heterocycles. The fraction of sp³-hybridized carbons (Fsp3) is 0.125. The summed E-state index contributed by atoms with van der Waals surface area (Å²) in [7, 11) is 0. The molecule has 0 saturated carbocycles. The van der Waals surface area contributed by atoms with Crippen LogP contribution in [-0.2, 0) is 4.79 Å². The molecule has 2 amide bonds. The van der Waals surface area contributed by atoms with Crippen molar-refractivity contribution in [3.8, 4) is 16.8 Å². The van der Waals surface area contributed by atoms with Gasteiger partial charge in [-0.15, -0.1) is 5.10 Å². The molecular weight excluding hydrogens is 532 g/mol. The number of thioether (sulfide) groups is 1. The van der Waals surface area contributed by atoms with Crippen LogP contribution in [0.2, 0.25) is 5.02 Å². The minimum atomic E-state index is -1.19. The first kappa shape index (κ1) is 26.6. The molecule has 1 unspecified atom stereocenters. The molecule has 38 heavy (non-hydrogen) atoms. The Hall–Kier alpha value is -4.49. The molecule has 1 atom stereocenters. The van der Waals surface area contributed by atoms with Crippen molar-refractivity contribution >= 4 is 47.1 Å². The zero-order chi connectivity index (χ0) is 27.1. The Morgan fingerprint density at radius 3 is 2.68 bits per heavy atom. The van der Waals surface area contributed by atoms with Crippen molar-refractivity contribution in [3.63, 3.8) is 0 Å². The summed E-state index contributed by atoms with van der Waals surface area (Å²) in [5.41, 5.74) is 2.58. The Bertz CT molecular complexity index is 1520. The molecule has 0 aliphatic heterocycles. The Kier molecular flexibility index (Phi) is 8.51. The van der Waals surface area contributed by atoms with Crippen molar-refractivity contribution < 1.29 is 14.7 Å². The molecule has 4 rings (SSSR count). The Labute approximate surface area is 225 Å². The van der Waals surface area contributed by atoms with Gasteiger partial charge in [-0.3, -0.25) is 14.9 Å². The van der Waals surface area contributed by atoms with E-state index in [1.807, 2.05) is 6.26 Å². The van der Waals surface area contributed by atoms with E-state index in [1.54, 1.807) is 54.6 Å². The molecule has 4 N–H and O–H groups in total. The molecule has 194 valence electrons. The lowest BCUT2D eigenvalue weighted by Crippen LogP contribution is -2.30. The number of hydrogen-bond acceptors (Lipinski definition) is 8. The molecule has 2 heterocycles. The summed E-state index contributed by atoms with van der Waals surface area (Å²) < 4.78 is 1.46. The predicted molar refractivity (Wildman–Crippen MR) is 144 cm³/mol. The number of anilines is 1. The number of tetrazole rings is 1. The van der Waals surface area contributed by atoms with E-state index < -0.39 is 17.7 Å². The smallest absolute Gasteiger partial charge is 0.409 e. The van der Waals surface area contributed by atoms with E-state index in [1.165, 1.54) is 28.8 Å². The zero-order valence-corrected chi connectivity index (χ0v) is 21.4. The van der Waals surface area contributed by atoms with Crippen LogP contribution in [0.1, 0.15) is 17.3 Å². The number of carbonyl (C=O) groups is 2. The van der Waals surface area contributed by atoms with Gasteiger partial charge in [-0.1, -0.05) is 23.7 Å². The van der Waals surface area contributed by atoms with Gasteiger partial charge in [-0.2, -0.15) is 21.5 Å². The third kappa shape index (κ3) is 6.63. The predicted octanol–water partition coefficient (Wildman–Crippen LogP) is 3.39. The summed E-state index contributed by atoms with van der Waals surface area (Å²) in [5.74, 6) is 0.109. The fourth-order valence-electron chi connectivity index (χ4n) is 3.56. The van der Waals surface area contributed by atoms with E-state index in [2.05, 4.69) is 36.4 Å². The average Bonchev–Trinajstić information content (AvgIpc) is 3.43. The summed E-state index contributed by atoms with van der Waals surface area (Å²) in [6.07, 6.45) is 5.11. The number of nitrogens with one attached hydrogen (secondary N) is 3. The maximum atomic E-state index is 12.9. The number of carbonyl (C=O) groups excluding carboxylic acids is 1. The molecule has 0 aliphatic carbocycles. The van der Waals surface area contributed by atoms with Crippen LogP contribution >= 0.6 is 23.4 Å². The van der Waals surface area contributed by atoms with Gasteiger partial charge in [0, 0.05) is 28.1 Å². The highest BCUT2D eigenvalue weighted by atomic mass is 35.5. The maximum absolute atomic E-state index is 12.9. The van der Waals surface area contributed by atoms with Crippen molar-refractivity contribution in [3.05, 3.63) is 87.6 Å². The summed E-state index contributed by atoms with van der Waals surface area (Å²) in [4.78, 5) is 36.2. The summed E-state index contributed by atoms with van der Waals surface area (Å²) in [5, 5.41) is 32.3. The minimum Gasteiger partial charge on any atom is -0.465 e. The number of benzene rings is 2. The third-order valence-corrected chi connectivity index (χ3v) is 6.18. The summed E-state index contributed by atoms with van der Waals surface area (Å²) in [6.45, 7) is 0. The van der Waals surface area contributed by atoms with Gasteiger partial charge in [0.15, 0.2) is 0 Å². The van der Waals surface area contributed by atoms with Crippen LogP contribution in [0.3, 0.4) is 0 Å². The van der Waals surface area contributed by atoms with E-state index in [0.717, 1.165) is 0 Å². The lowest BCUT2D eigenvalue weighted by atomic mass is 10.1. The molecule has 4 aromatic rings. The minimum absolute atomic E-state index is 0.331. The normalized spacial score (nSPS) is 11.8. The highest BCUT2D eigenvalue weighted by Crippen LogP contribution is 2.23. The number of nitrogens with zero attached hydrogens (tertiary/aromatic N) is 5. The van der Waals surface area contributed by atoms with Crippen LogP contribution in [0, 0.1) is 0 Å². The third-order valence-electron chi connectivity index (χ3n) is 5.28. The highest BCUT2D eigenvalue weighted by Gasteiger charge is 2.17. The number of carboxylic acid groups (broad SMARTS) is 1. The zero-order valence-electron chi connectivity index (χ0n) is 19.8. The first-order chi connectivity index (χ1) is 18.3. The first-order valence-corrected chi connectivity index (χ1v) is 12.8. The van der Waals surface area contributed by atoms with Gasteiger partial charge >= 0.3 is 6.09 Å². The molecular formula is C24H21ClN8O4S. The van der Waals surface area contributed by atoms with Gasteiger partial charge in [-0.05, 0) is 64.7 Å². The summed E-state index contributed by atoms with van der Waals surface area (Å²) >= 11 is 7.64. The number of rotatable bonds is 9. The Morgan fingerprint density at radius 2 is 2.00 bits per heavy atom. The van der Waals surface area contributed by atoms with E-state index in [0.29, 0.717) is 44.5 Å². The van der Waals surface area contributed by atoms with E-state index in [-0.39, 0.29) is 5.91 Å². The van der Waals surface area contributed by atoms with Crippen LogP contribution in [0.4, 0.5) is 10.5 Å². The number of amides is 2. The monoisotopic (exact) mass is 552 g/mol. The van der Waals surface area contributed by atoms with Crippen LogP contribution in [0.25, 0.3) is 22.9 Å². The molecule has 0 radical (unpaired) electrons. The molecule has 0 bridgehead atoms. The number of halogens is 1. The van der Waals surface area contributed by atoms with Crippen molar-refractivity contribution in [1.29, 1.82) is 0 Å². The second-order valence-electron chi connectivity index (χ2n) is 7.85. The van der Waals surface area contributed by atoms with Gasteiger partial charge in [0.25, 0.3) is 5.56 Å². The lowest BCUT2D eigenvalue weighted by molar-refractivity contribution is -0.117. The maximum Gasteiger partial charge on any atom is 0.409 e. The lowest BCUT2D eigenvalue weighted by Gasteiger charge is -2.17. The summed E-state index contributed by atoms with van der Waals surface area (Å²) in [6, 6.07) is 12.6. The molecule has 14 heteroatoms. The largest absolute Gasteiger partial charge is 0.465 e. The van der Waals surface area contributed by atoms with Gasteiger partial charge in [-0.25, -0.2) is 9.89 Å². The van der Waals surface area contributed by atoms with Crippen molar-refractivity contribution in [1.82, 2.24) is 35.7 Å². The molecule has 2 aromatic heterocycles. The molecule has 12 nitrogen and oxygen atoms in total. The molecule has 0 fully saturated rings. The fourth-order valence-corrected chi connectivity index (χ4v) is 4.33.